The maximum absolute atomic E-state index is 14.8. The van der Waals surface area contributed by atoms with Crippen molar-refractivity contribution < 1.29 is 23.1 Å². The van der Waals surface area contributed by atoms with E-state index in [0.29, 0.717) is 27.6 Å². The van der Waals surface area contributed by atoms with Gasteiger partial charge in [0.1, 0.15) is 22.8 Å². The number of allylic oxidation sites excluding steroid dienone is 4. The topological polar surface area (TPSA) is 67.4 Å². The monoisotopic (exact) mass is 538 g/mol. The highest BCUT2D eigenvalue weighted by molar-refractivity contribution is 6.31. The molecule has 0 radical (unpaired) electrons. The van der Waals surface area contributed by atoms with Crippen LogP contribution in [0.25, 0.3) is 0 Å². The second-order valence-electron chi connectivity index (χ2n) is 10.8. The van der Waals surface area contributed by atoms with Crippen LogP contribution in [-0.4, -0.2) is 17.9 Å². The SMILES string of the molecule is O=C1C[C@@H](C2C=CC=C(F)C2)[C@]2(C(=O)Nc3cc(Cl)ccc32)[C@@H](c2cc(F)ccc2OC2CCCCC2)N1. The Morgan fingerprint density at radius 2 is 1.82 bits per heavy atom. The van der Waals surface area contributed by atoms with Crippen LogP contribution in [-0.2, 0) is 15.0 Å². The molecule has 38 heavy (non-hydrogen) atoms. The van der Waals surface area contributed by atoms with E-state index in [-0.39, 0.29) is 36.6 Å². The molecule has 198 valence electrons. The summed E-state index contributed by atoms with van der Waals surface area (Å²) in [6.07, 6.45) is 10.00. The Kier molecular flexibility index (Phi) is 6.50. The number of ether oxygens (including phenoxy) is 1. The molecule has 0 aromatic heterocycles. The van der Waals surface area contributed by atoms with E-state index in [0.717, 1.165) is 32.1 Å². The number of carbonyl (C=O) groups is 2. The van der Waals surface area contributed by atoms with E-state index < -0.39 is 29.1 Å². The summed E-state index contributed by atoms with van der Waals surface area (Å²) in [7, 11) is 0. The lowest BCUT2D eigenvalue weighted by Gasteiger charge is -2.49. The van der Waals surface area contributed by atoms with Crippen molar-refractivity contribution in [3.63, 3.8) is 0 Å². The summed E-state index contributed by atoms with van der Waals surface area (Å²) in [6.45, 7) is 0. The van der Waals surface area contributed by atoms with E-state index in [1.807, 2.05) is 6.08 Å². The molecule has 2 amide bonds. The van der Waals surface area contributed by atoms with Gasteiger partial charge in [-0.3, -0.25) is 9.59 Å². The summed E-state index contributed by atoms with van der Waals surface area (Å²) in [4.78, 5) is 27.4. The first kappa shape index (κ1) is 25.1. The molecule has 2 fully saturated rings. The minimum Gasteiger partial charge on any atom is -0.490 e. The van der Waals surface area contributed by atoms with E-state index in [1.165, 1.54) is 18.2 Å². The van der Waals surface area contributed by atoms with E-state index in [9.17, 15) is 18.4 Å². The van der Waals surface area contributed by atoms with Crippen LogP contribution in [0.4, 0.5) is 14.5 Å². The van der Waals surface area contributed by atoms with E-state index in [1.54, 1.807) is 30.3 Å². The third-order valence-corrected chi connectivity index (χ3v) is 8.75. The van der Waals surface area contributed by atoms with Crippen molar-refractivity contribution >= 4 is 29.1 Å². The third kappa shape index (κ3) is 4.21. The fraction of sp³-hybridized carbons (Fsp3) is 0.400. The maximum atomic E-state index is 14.8. The fourth-order valence-corrected chi connectivity index (χ4v) is 7.03. The zero-order valence-corrected chi connectivity index (χ0v) is 21.6. The third-order valence-electron chi connectivity index (χ3n) is 8.51. The van der Waals surface area contributed by atoms with Crippen LogP contribution >= 0.6 is 11.6 Å². The molecule has 2 aromatic rings. The van der Waals surface area contributed by atoms with E-state index >= 15 is 0 Å². The van der Waals surface area contributed by atoms with Crippen LogP contribution in [0.5, 0.6) is 5.75 Å². The van der Waals surface area contributed by atoms with Gasteiger partial charge in [0.2, 0.25) is 11.8 Å². The first-order valence-corrected chi connectivity index (χ1v) is 13.6. The van der Waals surface area contributed by atoms with Gasteiger partial charge in [-0.05, 0) is 79.5 Å². The molecule has 2 aliphatic carbocycles. The van der Waals surface area contributed by atoms with E-state index in [2.05, 4.69) is 10.6 Å². The number of benzene rings is 2. The number of amides is 2. The fourth-order valence-electron chi connectivity index (χ4n) is 6.86. The molecule has 5 nitrogen and oxygen atoms in total. The molecule has 1 spiro atoms. The van der Waals surface area contributed by atoms with Crippen LogP contribution < -0.4 is 15.4 Å². The molecular weight excluding hydrogens is 510 g/mol. The van der Waals surface area contributed by atoms with Gasteiger partial charge in [-0.1, -0.05) is 36.2 Å². The number of halogens is 3. The largest absolute Gasteiger partial charge is 0.490 e. The minimum atomic E-state index is -1.33. The predicted octanol–water partition coefficient (Wildman–Crippen LogP) is 6.69. The highest BCUT2D eigenvalue weighted by atomic mass is 35.5. The van der Waals surface area contributed by atoms with Gasteiger partial charge in [-0.15, -0.1) is 0 Å². The van der Waals surface area contributed by atoms with Crippen LogP contribution in [0.1, 0.15) is 62.1 Å². The summed E-state index contributed by atoms with van der Waals surface area (Å²) in [5, 5.41) is 6.44. The van der Waals surface area contributed by atoms with Gasteiger partial charge in [0, 0.05) is 29.1 Å². The molecule has 1 saturated carbocycles. The number of carbonyl (C=O) groups excluding carboxylic acids is 2. The number of hydrogen-bond donors (Lipinski definition) is 2. The molecular formula is C30H29ClF2N2O3. The van der Waals surface area contributed by atoms with Gasteiger partial charge in [-0.25, -0.2) is 8.78 Å². The number of anilines is 1. The van der Waals surface area contributed by atoms with Crippen molar-refractivity contribution in [2.24, 2.45) is 11.8 Å². The average molecular weight is 539 g/mol. The summed E-state index contributed by atoms with van der Waals surface area (Å²) >= 11 is 6.27. The second-order valence-corrected chi connectivity index (χ2v) is 11.2. The maximum Gasteiger partial charge on any atom is 0.237 e. The van der Waals surface area contributed by atoms with Gasteiger partial charge in [0.15, 0.2) is 0 Å². The number of rotatable bonds is 4. The Labute approximate surface area is 225 Å². The van der Waals surface area contributed by atoms with Crippen molar-refractivity contribution in [3.05, 3.63) is 82.4 Å². The molecule has 6 rings (SSSR count). The highest BCUT2D eigenvalue weighted by Gasteiger charge is 2.62. The molecule has 1 saturated heterocycles. The number of piperidine rings is 1. The molecule has 4 atom stereocenters. The van der Waals surface area contributed by atoms with Crippen molar-refractivity contribution in [3.8, 4) is 5.75 Å². The lowest BCUT2D eigenvalue weighted by atomic mass is 9.57. The van der Waals surface area contributed by atoms with Crippen molar-refractivity contribution in [2.75, 3.05) is 5.32 Å². The molecule has 0 bridgehead atoms. The van der Waals surface area contributed by atoms with Crippen LogP contribution in [0.2, 0.25) is 5.02 Å². The van der Waals surface area contributed by atoms with Gasteiger partial charge in [-0.2, -0.15) is 0 Å². The van der Waals surface area contributed by atoms with Gasteiger partial charge in [0.25, 0.3) is 0 Å². The molecule has 2 N–H and O–H groups in total. The quantitative estimate of drug-likeness (QED) is 0.456. The zero-order chi connectivity index (χ0) is 26.4. The Bertz CT molecular complexity index is 1350. The standard InChI is InChI=1S/C30H29ClF2N2O3/c31-18-9-11-23-25(14-18)34-29(37)30(23)24(17-5-4-6-19(32)13-17)16-27(36)35-28(30)22-15-20(33)10-12-26(22)38-21-7-2-1-3-8-21/h4-6,9-12,14-15,17,21,24,28H,1-3,7-8,13,16H2,(H,34,37)(H,35,36)/t17?,24-,28+,30-/m0/s1. The summed E-state index contributed by atoms with van der Waals surface area (Å²) in [5.41, 5.74) is 0.259. The molecule has 1 unspecified atom stereocenters. The van der Waals surface area contributed by atoms with Crippen molar-refractivity contribution in [1.82, 2.24) is 5.32 Å². The van der Waals surface area contributed by atoms with Crippen LogP contribution in [0, 0.1) is 17.7 Å². The van der Waals surface area contributed by atoms with Crippen LogP contribution in [0.3, 0.4) is 0 Å². The first-order valence-electron chi connectivity index (χ1n) is 13.3. The molecule has 2 aromatic carbocycles. The summed E-state index contributed by atoms with van der Waals surface area (Å²) < 4.78 is 35.8. The highest BCUT2D eigenvalue weighted by Crippen LogP contribution is 2.58. The lowest BCUT2D eigenvalue weighted by Crippen LogP contribution is -2.59. The summed E-state index contributed by atoms with van der Waals surface area (Å²) in [5.74, 6) is -1.98. The summed E-state index contributed by atoms with van der Waals surface area (Å²) in [6, 6.07) is 8.50. The number of hydrogen-bond acceptors (Lipinski definition) is 3. The smallest absolute Gasteiger partial charge is 0.237 e. The van der Waals surface area contributed by atoms with Gasteiger partial charge >= 0.3 is 0 Å². The Balaban J connectivity index is 1.54. The molecule has 2 heterocycles. The predicted molar refractivity (Wildman–Crippen MR) is 141 cm³/mol. The zero-order valence-electron chi connectivity index (χ0n) is 20.8. The Morgan fingerprint density at radius 1 is 1.00 bits per heavy atom. The second kappa shape index (κ2) is 9.84. The van der Waals surface area contributed by atoms with Crippen molar-refractivity contribution in [1.29, 1.82) is 0 Å². The van der Waals surface area contributed by atoms with Gasteiger partial charge < -0.3 is 15.4 Å². The normalized spacial score (nSPS) is 29.0. The average Bonchev–Trinajstić information content (AvgIpc) is 3.18. The molecule has 4 aliphatic rings. The van der Waals surface area contributed by atoms with Crippen molar-refractivity contribution in [2.45, 2.75) is 62.5 Å². The number of nitrogens with one attached hydrogen (secondary N) is 2. The van der Waals surface area contributed by atoms with Gasteiger partial charge in [0.05, 0.1) is 12.1 Å². The molecule has 2 aliphatic heterocycles. The lowest BCUT2D eigenvalue weighted by molar-refractivity contribution is -0.135. The van der Waals surface area contributed by atoms with E-state index in [4.69, 9.17) is 16.3 Å². The number of fused-ring (bicyclic) bond motifs is 2. The minimum absolute atomic E-state index is 0.0163. The Hall–Kier alpha value is -3.19. The Morgan fingerprint density at radius 3 is 2.61 bits per heavy atom. The molecule has 8 heteroatoms. The first-order chi connectivity index (χ1) is 18.4. The van der Waals surface area contributed by atoms with Crippen LogP contribution in [0.15, 0.2) is 60.5 Å².